The number of aliphatic carboxylic acids is 2. The van der Waals surface area contributed by atoms with Gasteiger partial charge in [0.2, 0.25) is 17.7 Å². The van der Waals surface area contributed by atoms with Crippen LogP contribution in [0.5, 0.6) is 0 Å². The lowest BCUT2D eigenvalue weighted by Gasteiger charge is -2.25. The normalized spacial score (nSPS) is 14.5. The standard InChI is InChI=1S/C24H33N5O7/c1-12(2)8-19(24(35)36)29-22(33)17(9-14-11-26-16-7-5-4-6-15(14)16)28-23(34)18(10-20(30)31)27-21(32)13(3)25/h4-7,11-13,17-19,26H,8-10,25H2,1-3H3,(H,27,32)(H,28,34)(H,29,33)(H,30,31)(H,35,36). The van der Waals surface area contributed by atoms with Gasteiger partial charge in [-0.25, -0.2) is 4.79 Å². The molecule has 0 saturated carbocycles. The molecule has 8 N–H and O–H groups in total. The van der Waals surface area contributed by atoms with E-state index in [0.29, 0.717) is 5.56 Å². The van der Waals surface area contributed by atoms with Crippen LogP contribution in [-0.2, 0) is 30.4 Å². The van der Waals surface area contributed by atoms with E-state index in [9.17, 15) is 34.2 Å². The molecule has 3 amide bonds. The maximum absolute atomic E-state index is 13.2. The summed E-state index contributed by atoms with van der Waals surface area (Å²) in [5.74, 6) is -5.00. The van der Waals surface area contributed by atoms with Crippen molar-refractivity contribution in [2.45, 2.75) is 64.2 Å². The van der Waals surface area contributed by atoms with Crippen molar-refractivity contribution >= 4 is 40.6 Å². The number of fused-ring (bicyclic) bond motifs is 1. The Balaban J connectivity index is 2.34. The minimum absolute atomic E-state index is 0.0172. The Bertz CT molecular complexity index is 1110. The van der Waals surface area contributed by atoms with E-state index in [1.807, 2.05) is 38.1 Å². The van der Waals surface area contributed by atoms with Crippen molar-refractivity contribution in [2.75, 3.05) is 0 Å². The molecule has 1 aromatic heterocycles. The van der Waals surface area contributed by atoms with E-state index >= 15 is 0 Å². The maximum Gasteiger partial charge on any atom is 0.326 e. The molecule has 0 aliphatic rings. The molecule has 0 aliphatic carbocycles. The van der Waals surface area contributed by atoms with Crippen LogP contribution in [0.3, 0.4) is 0 Å². The van der Waals surface area contributed by atoms with Crippen molar-refractivity contribution in [3.05, 3.63) is 36.0 Å². The summed E-state index contributed by atoms with van der Waals surface area (Å²) in [6.45, 7) is 4.99. The van der Waals surface area contributed by atoms with Gasteiger partial charge in [-0.3, -0.25) is 19.2 Å². The second-order valence-electron chi connectivity index (χ2n) is 9.10. The van der Waals surface area contributed by atoms with Crippen molar-refractivity contribution in [3.8, 4) is 0 Å². The highest BCUT2D eigenvalue weighted by Gasteiger charge is 2.31. The Kier molecular flexibility index (Phi) is 9.97. The molecule has 4 unspecified atom stereocenters. The van der Waals surface area contributed by atoms with E-state index in [4.69, 9.17) is 5.73 Å². The Morgan fingerprint density at radius 2 is 1.47 bits per heavy atom. The maximum atomic E-state index is 13.2. The first-order valence-corrected chi connectivity index (χ1v) is 11.5. The summed E-state index contributed by atoms with van der Waals surface area (Å²) in [7, 11) is 0. The highest BCUT2D eigenvalue weighted by Crippen LogP contribution is 2.19. The fourth-order valence-corrected chi connectivity index (χ4v) is 3.65. The zero-order valence-electron chi connectivity index (χ0n) is 20.4. The predicted octanol–water partition coefficient (Wildman–Crippen LogP) is 0.117. The molecular formula is C24H33N5O7. The molecule has 0 radical (unpaired) electrons. The highest BCUT2D eigenvalue weighted by molar-refractivity contribution is 5.96. The van der Waals surface area contributed by atoms with E-state index in [-0.39, 0.29) is 18.8 Å². The summed E-state index contributed by atoms with van der Waals surface area (Å²) in [5, 5.41) is 26.8. The molecule has 1 heterocycles. The number of H-pyrrole nitrogens is 1. The third-order valence-corrected chi connectivity index (χ3v) is 5.48. The van der Waals surface area contributed by atoms with Gasteiger partial charge in [-0.1, -0.05) is 32.0 Å². The molecule has 1 aromatic carbocycles. The van der Waals surface area contributed by atoms with Gasteiger partial charge in [-0.2, -0.15) is 0 Å². The molecule has 0 saturated heterocycles. The zero-order chi connectivity index (χ0) is 27.0. The first-order chi connectivity index (χ1) is 16.9. The van der Waals surface area contributed by atoms with Crippen molar-refractivity contribution < 1.29 is 34.2 Å². The summed E-state index contributed by atoms with van der Waals surface area (Å²) in [6.07, 6.45) is 1.08. The average Bonchev–Trinajstić information content (AvgIpc) is 3.19. The van der Waals surface area contributed by atoms with Crippen LogP contribution in [0.1, 0.15) is 39.2 Å². The molecule has 4 atom stereocenters. The van der Waals surface area contributed by atoms with Crippen LogP contribution in [0.25, 0.3) is 10.9 Å². The number of amides is 3. The number of rotatable bonds is 13. The Morgan fingerprint density at radius 3 is 2.06 bits per heavy atom. The number of nitrogens with two attached hydrogens (primary N) is 1. The molecular weight excluding hydrogens is 470 g/mol. The third-order valence-electron chi connectivity index (χ3n) is 5.48. The fourth-order valence-electron chi connectivity index (χ4n) is 3.65. The number of hydrogen-bond donors (Lipinski definition) is 7. The van der Waals surface area contributed by atoms with Gasteiger partial charge in [0.25, 0.3) is 0 Å². The lowest BCUT2D eigenvalue weighted by atomic mass is 10.0. The molecule has 2 rings (SSSR count). The van der Waals surface area contributed by atoms with Gasteiger partial charge in [0, 0.05) is 23.5 Å². The number of aromatic amines is 1. The van der Waals surface area contributed by atoms with Crippen molar-refractivity contribution in [1.29, 1.82) is 0 Å². The van der Waals surface area contributed by atoms with Crippen LogP contribution in [0.4, 0.5) is 0 Å². The minimum atomic E-state index is -1.50. The van der Waals surface area contributed by atoms with Gasteiger partial charge < -0.3 is 36.9 Å². The summed E-state index contributed by atoms with van der Waals surface area (Å²) >= 11 is 0. The molecule has 12 heteroatoms. The molecule has 196 valence electrons. The smallest absolute Gasteiger partial charge is 0.326 e. The van der Waals surface area contributed by atoms with Gasteiger partial charge in [-0.05, 0) is 30.9 Å². The number of aromatic nitrogens is 1. The Labute approximate surface area is 208 Å². The predicted molar refractivity (Wildman–Crippen MR) is 131 cm³/mol. The summed E-state index contributed by atoms with van der Waals surface area (Å²) in [6, 6.07) is 2.37. The SMILES string of the molecule is CC(C)CC(NC(=O)C(Cc1c[nH]c2ccccc12)NC(=O)C(CC(=O)O)NC(=O)C(C)N)C(=O)O. The van der Waals surface area contributed by atoms with Crippen LogP contribution in [-0.4, -0.2) is 69.0 Å². The first-order valence-electron chi connectivity index (χ1n) is 11.5. The molecule has 0 spiro atoms. The molecule has 0 aliphatic heterocycles. The number of hydrogen-bond acceptors (Lipinski definition) is 6. The van der Waals surface area contributed by atoms with E-state index < -0.39 is 60.2 Å². The minimum Gasteiger partial charge on any atom is -0.481 e. The number of para-hydroxylation sites is 1. The average molecular weight is 504 g/mol. The van der Waals surface area contributed by atoms with E-state index in [2.05, 4.69) is 20.9 Å². The topological polar surface area (TPSA) is 204 Å². The van der Waals surface area contributed by atoms with Crippen molar-refractivity contribution in [1.82, 2.24) is 20.9 Å². The monoisotopic (exact) mass is 503 g/mol. The number of carboxylic acid groups (broad SMARTS) is 2. The second-order valence-corrected chi connectivity index (χ2v) is 9.10. The van der Waals surface area contributed by atoms with E-state index in [1.54, 1.807) is 6.20 Å². The molecule has 0 bridgehead atoms. The number of benzene rings is 1. The van der Waals surface area contributed by atoms with Crippen molar-refractivity contribution in [2.24, 2.45) is 11.7 Å². The molecule has 36 heavy (non-hydrogen) atoms. The van der Waals surface area contributed by atoms with Crippen LogP contribution in [0, 0.1) is 5.92 Å². The first kappa shape index (κ1) is 28.3. The summed E-state index contributed by atoms with van der Waals surface area (Å²) in [5.41, 5.74) is 6.99. The van der Waals surface area contributed by atoms with Crippen LogP contribution < -0.4 is 21.7 Å². The van der Waals surface area contributed by atoms with Gasteiger partial charge >= 0.3 is 11.9 Å². The van der Waals surface area contributed by atoms with Gasteiger partial charge in [0.05, 0.1) is 12.5 Å². The Morgan fingerprint density at radius 1 is 0.889 bits per heavy atom. The van der Waals surface area contributed by atoms with Gasteiger partial charge in [0.1, 0.15) is 18.1 Å². The lowest BCUT2D eigenvalue weighted by molar-refractivity contribution is -0.143. The summed E-state index contributed by atoms with van der Waals surface area (Å²) < 4.78 is 0. The van der Waals surface area contributed by atoms with E-state index in [1.165, 1.54) is 6.92 Å². The number of nitrogens with one attached hydrogen (secondary N) is 4. The van der Waals surface area contributed by atoms with Gasteiger partial charge in [-0.15, -0.1) is 0 Å². The lowest BCUT2D eigenvalue weighted by Crippen LogP contribution is -2.57. The largest absolute Gasteiger partial charge is 0.481 e. The molecule has 0 fully saturated rings. The second kappa shape index (κ2) is 12.7. The third kappa shape index (κ3) is 8.08. The van der Waals surface area contributed by atoms with Crippen LogP contribution in [0.2, 0.25) is 0 Å². The number of carbonyl (C=O) groups excluding carboxylic acids is 3. The van der Waals surface area contributed by atoms with E-state index in [0.717, 1.165) is 10.9 Å². The number of carboxylic acids is 2. The quantitative estimate of drug-likeness (QED) is 0.199. The highest BCUT2D eigenvalue weighted by atomic mass is 16.4. The zero-order valence-corrected chi connectivity index (χ0v) is 20.4. The molecule has 2 aromatic rings. The van der Waals surface area contributed by atoms with Crippen LogP contribution in [0.15, 0.2) is 30.5 Å². The number of carbonyl (C=O) groups is 5. The summed E-state index contributed by atoms with van der Waals surface area (Å²) in [4.78, 5) is 64.3. The van der Waals surface area contributed by atoms with Gasteiger partial charge in [0.15, 0.2) is 0 Å². The van der Waals surface area contributed by atoms with Crippen LogP contribution >= 0.6 is 0 Å². The molecule has 12 nitrogen and oxygen atoms in total. The van der Waals surface area contributed by atoms with Crippen molar-refractivity contribution in [3.63, 3.8) is 0 Å². The Hall–Kier alpha value is -3.93. The fraction of sp³-hybridized carbons (Fsp3) is 0.458.